The van der Waals surface area contributed by atoms with E-state index < -0.39 is 0 Å². The molecule has 1 amide bonds. The summed E-state index contributed by atoms with van der Waals surface area (Å²) < 4.78 is 0.906. The molecule has 0 unspecified atom stereocenters. The molecule has 1 rings (SSSR count). The van der Waals surface area contributed by atoms with Crippen LogP contribution in [-0.2, 0) is 0 Å². The second-order valence-electron chi connectivity index (χ2n) is 3.23. The van der Waals surface area contributed by atoms with Crippen LogP contribution in [0.25, 0.3) is 0 Å². The van der Waals surface area contributed by atoms with Crippen molar-refractivity contribution in [3.05, 3.63) is 32.4 Å². The number of carbonyl (C=O) groups is 1. The quantitative estimate of drug-likeness (QED) is 0.630. The van der Waals surface area contributed by atoms with Crippen LogP contribution >= 0.6 is 34.2 Å². The van der Waals surface area contributed by atoms with E-state index in [1.165, 1.54) is 0 Å². The highest BCUT2D eigenvalue weighted by molar-refractivity contribution is 14.1. The molecule has 0 aliphatic rings. The van der Waals surface area contributed by atoms with Crippen molar-refractivity contribution in [3.63, 3.8) is 0 Å². The van der Waals surface area contributed by atoms with Gasteiger partial charge in [-0.05, 0) is 47.3 Å². The number of carbonyl (C=O) groups excluding carboxylic acids is 1. The Bertz CT molecular complexity index is 371. The Labute approximate surface area is 114 Å². The van der Waals surface area contributed by atoms with Crippen molar-refractivity contribution in [1.29, 1.82) is 0 Å². The highest BCUT2D eigenvalue weighted by Gasteiger charge is 2.09. The maximum absolute atomic E-state index is 11.8. The number of amides is 1. The van der Waals surface area contributed by atoms with E-state index in [1.54, 1.807) is 12.1 Å². The Morgan fingerprint density at radius 2 is 2.19 bits per heavy atom. The van der Waals surface area contributed by atoms with Gasteiger partial charge in [-0.3, -0.25) is 4.79 Å². The van der Waals surface area contributed by atoms with Gasteiger partial charge in [-0.25, -0.2) is 0 Å². The molecule has 1 aromatic carbocycles. The van der Waals surface area contributed by atoms with Gasteiger partial charge in [-0.15, -0.1) is 0 Å². The van der Waals surface area contributed by atoms with Crippen molar-refractivity contribution in [2.75, 3.05) is 19.6 Å². The van der Waals surface area contributed by atoms with Crippen molar-refractivity contribution < 1.29 is 4.79 Å². The number of hydrogen-bond acceptors (Lipinski definition) is 2. The minimum Gasteiger partial charge on any atom is -0.351 e. The van der Waals surface area contributed by atoms with Gasteiger partial charge in [0.25, 0.3) is 5.91 Å². The fraction of sp³-hybridized carbons (Fsp3) is 0.364. The number of halogens is 2. The van der Waals surface area contributed by atoms with Gasteiger partial charge in [-0.1, -0.05) is 18.5 Å². The first-order valence-corrected chi connectivity index (χ1v) is 6.54. The van der Waals surface area contributed by atoms with E-state index in [4.69, 9.17) is 11.6 Å². The van der Waals surface area contributed by atoms with E-state index in [0.717, 1.165) is 16.7 Å². The van der Waals surface area contributed by atoms with Crippen LogP contribution in [0.4, 0.5) is 0 Å². The van der Waals surface area contributed by atoms with Crippen LogP contribution in [0.5, 0.6) is 0 Å². The number of likely N-dealkylation sites (N-methyl/N-ethyl adjacent to an activating group) is 1. The molecule has 0 radical (unpaired) electrons. The lowest BCUT2D eigenvalue weighted by Crippen LogP contribution is -2.32. The lowest BCUT2D eigenvalue weighted by molar-refractivity contribution is 0.0953. The molecule has 5 heteroatoms. The standard InChI is InChI=1S/C11H14ClIN2O/c1-2-14-5-6-15-11(16)9-7-8(12)3-4-10(9)13/h3-4,7,14H,2,5-6H2,1H3,(H,15,16). The first-order chi connectivity index (χ1) is 7.65. The van der Waals surface area contributed by atoms with Gasteiger partial charge in [0.1, 0.15) is 0 Å². The summed E-state index contributed by atoms with van der Waals surface area (Å²) in [5.41, 5.74) is 0.629. The first kappa shape index (κ1) is 13.7. The molecule has 0 saturated carbocycles. The number of hydrogen-bond donors (Lipinski definition) is 2. The summed E-state index contributed by atoms with van der Waals surface area (Å²) in [6, 6.07) is 5.30. The van der Waals surface area contributed by atoms with Crippen LogP contribution in [-0.4, -0.2) is 25.5 Å². The molecule has 2 N–H and O–H groups in total. The third-order valence-electron chi connectivity index (χ3n) is 2.01. The minimum atomic E-state index is -0.0789. The van der Waals surface area contributed by atoms with Crippen molar-refractivity contribution in [1.82, 2.24) is 10.6 Å². The summed E-state index contributed by atoms with van der Waals surface area (Å²) in [5, 5.41) is 6.56. The van der Waals surface area contributed by atoms with Crippen molar-refractivity contribution in [2.24, 2.45) is 0 Å². The minimum absolute atomic E-state index is 0.0789. The highest BCUT2D eigenvalue weighted by Crippen LogP contribution is 2.17. The second kappa shape index (κ2) is 7.09. The van der Waals surface area contributed by atoms with Crippen molar-refractivity contribution in [2.45, 2.75) is 6.92 Å². The summed E-state index contributed by atoms with van der Waals surface area (Å²) in [6.07, 6.45) is 0. The predicted molar refractivity (Wildman–Crippen MR) is 75.0 cm³/mol. The summed E-state index contributed by atoms with van der Waals surface area (Å²) in [7, 11) is 0. The molecule has 0 atom stereocenters. The van der Waals surface area contributed by atoms with Gasteiger partial charge in [0.15, 0.2) is 0 Å². The van der Waals surface area contributed by atoms with Crippen LogP contribution in [0, 0.1) is 3.57 Å². The molecule has 16 heavy (non-hydrogen) atoms. The highest BCUT2D eigenvalue weighted by atomic mass is 127. The molecule has 0 aromatic heterocycles. The zero-order chi connectivity index (χ0) is 12.0. The molecule has 0 saturated heterocycles. The van der Waals surface area contributed by atoms with E-state index in [1.807, 2.05) is 13.0 Å². The molecule has 0 aliphatic carbocycles. The van der Waals surface area contributed by atoms with E-state index in [-0.39, 0.29) is 5.91 Å². The molecular weight excluding hydrogens is 338 g/mol. The zero-order valence-corrected chi connectivity index (χ0v) is 11.9. The molecule has 0 spiro atoms. The predicted octanol–water partition coefficient (Wildman–Crippen LogP) is 2.28. The number of benzene rings is 1. The van der Waals surface area contributed by atoms with Gasteiger partial charge >= 0.3 is 0 Å². The summed E-state index contributed by atoms with van der Waals surface area (Å²) >= 11 is 7.97. The van der Waals surface area contributed by atoms with Crippen LogP contribution in [0.3, 0.4) is 0 Å². The van der Waals surface area contributed by atoms with Gasteiger partial charge in [0, 0.05) is 21.7 Å². The SMILES string of the molecule is CCNCCNC(=O)c1cc(Cl)ccc1I. The molecule has 0 aliphatic heterocycles. The van der Waals surface area contributed by atoms with E-state index >= 15 is 0 Å². The average molecular weight is 353 g/mol. The topological polar surface area (TPSA) is 41.1 Å². The Morgan fingerprint density at radius 3 is 2.88 bits per heavy atom. The lowest BCUT2D eigenvalue weighted by atomic mass is 10.2. The van der Waals surface area contributed by atoms with E-state index in [2.05, 4.69) is 33.2 Å². The third kappa shape index (κ3) is 4.27. The molecular formula is C11H14ClIN2O. The van der Waals surface area contributed by atoms with Crippen LogP contribution in [0.1, 0.15) is 17.3 Å². The molecule has 3 nitrogen and oxygen atoms in total. The molecule has 88 valence electrons. The van der Waals surface area contributed by atoms with E-state index in [9.17, 15) is 4.79 Å². The Balaban J connectivity index is 2.55. The monoisotopic (exact) mass is 352 g/mol. The molecule has 1 aromatic rings. The summed E-state index contributed by atoms with van der Waals surface area (Å²) in [4.78, 5) is 11.8. The van der Waals surface area contributed by atoms with Crippen LogP contribution in [0.2, 0.25) is 5.02 Å². The number of nitrogens with one attached hydrogen (secondary N) is 2. The van der Waals surface area contributed by atoms with Gasteiger partial charge in [-0.2, -0.15) is 0 Å². The van der Waals surface area contributed by atoms with Gasteiger partial charge in [0.05, 0.1) is 5.56 Å². The summed E-state index contributed by atoms with van der Waals surface area (Å²) in [6.45, 7) is 4.33. The molecule has 0 bridgehead atoms. The first-order valence-electron chi connectivity index (χ1n) is 5.09. The van der Waals surface area contributed by atoms with Crippen LogP contribution in [0.15, 0.2) is 18.2 Å². The third-order valence-corrected chi connectivity index (χ3v) is 3.19. The van der Waals surface area contributed by atoms with E-state index in [0.29, 0.717) is 17.1 Å². The van der Waals surface area contributed by atoms with Crippen molar-refractivity contribution >= 4 is 40.1 Å². The largest absolute Gasteiger partial charge is 0.351 e. The number of rotatable bonds is 5. The van der Waals surface area contributed by atoms with Gasteiger partial charge < -0.3 is 10.6 Å². The van der Waals surface area contributed by atoms with Crippen molar-refractivity contribution in [3.8, 4) is 0 Å². The molecule has 0 fully saturated rings. The maximum atomic E-state index is 11.8. The summed E-state index contributed by atoms with van der Waals surface area (Å²) in [5.74, 6) is -0.0789. The lowest BCUT2D eigenvalue weighted by Gasteiger charge is -2.07. The normalized spacial score (nSPS) is 10.2. The second-order valence-corrected chi connectivity index (χ2v) is 4.83. The Hall–Kier alpha value is -0.330. The molecule has 0 heterocycles. The Kier molecular flexibility index (Phi) is 6.08. The fourth-order valence-electron chi connectivity index (χ4n) is 1.21. The van der Waals surface area contributed by atoms with Gasteiger partial charge in [0.2, 0.25) is 0 Å². The smallest absolute Gasteiger partial charge is 0.252 e. The average Bonchev–Trinajstić information content (AvgIpc) is 2.27. The van der Waals surface area contributed by atoms with Crippen LogP contribution < -0.4 is 10.6 Å². The zero-order valence-electron chi connectivity index (χ0n) is 9.02. The maximum Gasteiger partial charge on any atom is 0.252 e. The Morgan fingerprint density at radius 1 is 1.44 bits per heavy atom. The fourth-order valence-corrected chi connectivity index (χ4v) is 1.96.